The number of carboxylic acids is 1. The van der Waals surface area contributed by atoms with Crippen LogP contribution in [-0.2, 0) is 11.2 Å². The Hall–Kier alpha value is -2.08. The van der Waals surface area contributed by atoms with Crippen LogP contribution in [-0.4, -0.2) is 39.5 Å². The molecule has 1 heterocycles. The topological polar surface area (TPSA) is 98.2 Å². The molecule has 0 aliphatic carbocycles. The minimum Gasteiger partial charge on any atom is -0.506 e. The zero-order chi connectivity index (χ0) is 15.7. The molecule has 0 saturated carbocycles. The summed E-state index contributed by atoms with van der Waals surface area (Å²) in [5.74, 6) is -0.829. The average Bonchev–Trinajstić information content (AvgIpc) is 2.93. The van der Waals surface area contributed by atoms with Crippen molar-refractivity contribution < 1.29 is 15.0 Å². The van der Waals surface area contributed by atoms with Crippen LogP contribution >= 0.6 is 0 Å². The average molecular weight is 293 g/mol. The fraction of sp³-hybridized carbons (Fsp3) is 0.467. The summed E-state index contributed by atoms with van der Waals surface area (Å²) in [6, 6.07) is 3.04. The van der Waals surface area contributed by atoms with Crippen LogP contribution in [0.25, 0.3) is 10.9 Å². The SMILES string of the molecule is CCCNCCC.O=C(O)Cc1ccc(O)c2[nH]ncc12. The maximum atomic E-state index is 10.5. The maximum Gasteiger partial charge on any atom is 0.307 e. The lowest BCUT2D eigenvalue weighted by Crippen LogP contribution is -2.14. The Morgan fingerprint density at radius 3 is 2.52 bits per heavy atom. The zero-order valence-corrected chi connectivity index (χ0v) is 12.5. The van der Waals surface area contributed by atoms with Gasteiger partial charge in [0.15, 0.2) is 0 Å². The van der Waals surface area contributed by atoms with Gasteiger partial charge >= 0.3 is 5.97 Å². The number of carbonyl (C=O) groups is 1. The van der Waals surface area contributed by atoms with Gasteiger partial charge in [-0.05, 0) is 37.6 Å². The summed E-state index contributed by atoms with van der Waals surface area (Å²) < 4.78 is 0. The van der Waals surface area contributed by atoms with Crippen molar-refractivity contribution in [3.63, 3.8) is 0 Å². The quantitative estimate of drug-likeness (QED) is 0.613. The zero-order valence-electron chi connectivity index (χ0n) is 12.5. The molecule has 0 aliphatic rings. The Kier molecular flexibility index (Phi) is 7.25. The monoisotopic (exact) mass is 293 g/mol. The molecule has 0 spiro atoms. The van der Waals surface area contributed by atoms with Crippen LogP contribution in [0.15, 0.2) is 18.3 Å². The number of nitrogens with one attached hydrogen (secondary N) is 2. The minimum atomic E-state index is -0.904. The molecule has 116 valence electrons. The van der Waals surface area contributed by atoms with Gasteiger partial charge in [-0.2, -0.15) is 5.10 Å². The largest absolute Gasteiger partial charge is 0.506 e. The van der Waals surface area contributed by atoms with Gasteiger partial charge in [0.25, 0.3) is 0 Å². The molecule has 6 nitrogen and oxygen atoms in total. The lowest BCUT2D eigenvalue weighted by Gasteiger charge is -2.00. The first-order valence-electron chi connectivity index (χ1n) is 7.16. The van der Waals surface area contributed by atoms with Crippen molar-refractivity contribution in [1.29, 1.82) is 0 Å². The maximum absolute atomic E-state index is 10.5. The third kappa shape index (κ3) is 5.43. The van der Waals surface area contributed by atoms with Crippen molar-refractivity contribution in [2.24, 2.45) is 0 Å². The highest BCUT2D eigenvalue weighted by atomic mass is 16.4. The molecular weight excluding hydrogens is 270 g/mol. The number of aliphatic carboxylic acids is 1. The fourth-order valence-corrected chi connectivity index (χ4v) is 1.87. The second-order valence-corrected chi connectivity index (χ2v) is 4.72. The summed E-state index contributed by atoms with van der Waals surface area (Å²) in [4.78, 5) is 10.5. The number of aromatic hydroxyl groups is 1. The Balaban J connectivity index is 0.000000270. The highest BCUT2D eigenvalue weighted by molar-refractivity contribution is 5.89. The van der Waals surface area contributed by atoms with Gasteiger partial charge in [-0.3, -0.25) is 9.89 Å². The minimum absolute atomic E-state index is 0.0731. The number of hydrogen-bond acceptors (Lipinski definition) is 4. The van der Waals surface area contributed by atoms with Crippen LogP contribution in [0.1, 0.15) is 32.3 Å². The number of rotatable bonds is 6. The first kappa shape index (κ1) is 17.0. The molecule has 0 radical (unpaired) electrons. The number of carboxylic acid groups (broad SMARTS) is 1. The van der Waals surface area contributed by atoms with Gasteiger partial charge in [0, 0.05) is 5.39 Å². The molecule has 0 aliphatic heterocycles. The number of aromatic amines is 1. The van der Waals surface area contributed by atoms with Crippen LogP contribution in [0.5, 0.6) is 5.75 Å². The molecule has 0 atom stereocenters. The molecule has 0 saturated heterocycles. The molecule has 1 aromatic carbocycles. The Morgan fingerprint density at radius 2 is 1.95 bits per heavy atom. The number of H-pyrrole nitrogens is 1. The number of aromatic nitrogens is 2. The fourth-order valence-electron chi connectivity index (χ4n) is 1.87. The standard InChI is InChI=1S/C9H8N2O3.C6H15N/c12-7-2-1-5(3-8(13)14)6-4-10-11-9(6)7;1-3-5-7-6-4-2/h1-2,4,12H,3H2,(H,10,11)(H,13,14);7H,3-6H2,1-2H3. The van der Waals surface area contributed by atoms with Gasteiger partial charge in [-0.15, -0.1) is 0 Å². The van der Waals surface area contributed by atoms with E-state index in [1.54, 1.807) is 6.07 Å². The van der Waals surface area contributed by atoms with Gasteiger partial charge in [-0.1, -0.05) is 19.9 Å². The molecule has 0 bridgehead atoms. The van der Waals surface area contributed by atoms with E-state index in [1.165, 1.54) is 38.2 Å². The number of phenolic OH excluding ortho intramolecular Hbond substituents is 1. The van der Waals surface area contributed by atoms with Gasteiger partial charge < -0.3 is 15.5 Å². The Labute approximate surface area is 124 Å². The van der Waals surface area contributed by atoms with Crippen molar-refractivity contribution in [3.05, 3.63) is 23.9 Å². The van der Waals surface area contributed by atoms with Crippen LogP contribution in [0.2, 0.25) is 0 Å². The highest BCUT2D eigenvalue weighted by Gasteiger charge is 2.09. The van der Waals surface area contributed by atoms with Crippen LogP contribution in [0, 0.1) is 0 Å². The van der Waals surface area contributed by atoms with Crippen LogP contribution in [0.3, 0.4) is 0 Å². The summed E-state index contributed by atoms with van der Waals surface area (Å²) in [5, 5.41) is 28.3. The third-order valence-corrected chi connectivity index (χ3v) is 2.88. The van der Waals surface area contributed by atoms with Gasteiger partial charge in [0.1, 0.15) is 11.3 Å². The first-order chi connectivity index (χ1) is 10.1. The molecule has 6 heteroatoms. The lowest BCUT2D eigenvalue weighted by atomic mass is 10.1. The van der Waals surface area contributed by atoms with E-state index in [-0.39, 0.29) is 12.2 Å². The first-order valence-corrected chi connectivity index (χ1v) is 7.16. The van der Waals surface area contributed by atoms with E-state index in [0.717, 1.165) is 0 Å². The van der Waals surface area contributed by atoms with Crippen LogP contribution in [0.4, 0.5) is 0 Å². The third-order valence-electron chi connectivity index (χ3n) is 2.88. The smallest absolute Gasteiger partial charge is 0.307 e. The number of nitrogens with zero attached hydrogens (tertiary/aromatic N) is 1. The number of fused-ring (bicyclic) bond motifs is 1. The van der Waals surface area contributed by atoms with E-state index >= 15 is 0 Å². The second kappa shape index (κ2) is 8.97. The Bertz CT molecular complexity index is 562. The van der Waals surface area contributed by atoms with Crippen molar-refractivity contribution in [3.8, 4) is 5.75 Å². The predicted octanol–water partition coefficient (Wildman–Crippen LogP) is 2.29. The van der Waals surface area contributed by atoms with E-state index < -0.39 is 5.97 Å². The molecule has 0 unspecified atom stereocenters. The van der Waals surface area contributed by atoms with Gasteiger partial charge in [-0.25, -0.2) is 0 Å². The molecular formula is C15H23N3O3. The highest BCUT2D eigenvalue weighted by Crippen LogP contribution is 2.25. The normalized spacial score (nSPS) is 10.2. The van der Waals surface area contributed by atoms with Gasteiger partial charge in [0.2, 0.25) is 0 Å². The summed E-state index contributed by atoms with van der Waals surface area (Å²) in [6.07, 6.45) is 3.93. The predicted molar refractivity (Wildman–Crippen MR) is 82.6 cm³/mol. The van der Waals surface area contributed by atoms with E-state index in [0.29, 0.717) is 16.5 Å². The van der Waals surface area contributed by atoms with Crippen molar-refractivity contribution in [1.82, 2.24) is 15.5 Å². The van der Waals surface area contributed by atoms with E-state index in [4.69, 9.17) is 5.11 Å². The van der Waals surface area contributed by atoms with Crippen LogP contribution < -0.4 is 5.32 Å². The van der Waals surface area contributed by atoms with E-state index in [2.05, 4.69) is 29.4 Å². The van der Waals surface area contributed by atoms with Crippen molar-refractivity contribution in [2.45, 2.75) is 33.1 Å². The summed E-state index contributed by atoms with van der Waals surface area (Å²) >= 11 is 0. The molecule has 0 amide bonds. The number of benzene rings is 1. The molecule has 0 fully saturated rings. The molecule has 2 aromatic rings. The van der Waals surface area contributed by atoms with E-state index in [1.807, 2.05) is 0 Å². The second-order valence-electron chi connectivity index (χ2n) is 4.72. The molecule has 21 heavy (non-hydrogen) atoms. The van der Waals surface area contributed by atoms with E-state index in [9.17, 15) is 9.90 Å². The molecule has 2 rings (SSSR count). The Morgan fingerprint density at radius 1 is 1.29 bits per heavy atom. The van der Waals surface area contributed by atoms with Crippen molar-refractivity contribution in [2.75, 3.05) is 13.1 Å². The number of phenols is 1. The number of hydrogen-bond donors (Lipinski definition) is 4. The molecule has 4 N–H and O–H groups in total. The summed E-state index contributed by atoms with van der Waals surface area (Å²) in [5.41, 5.74) is 1.11. The summed E-state index contributed by atoms with van der Waals surface area (Å²) in [7, 11) is 0. The summed E-state index contributed by atoms with van der Waals surface area (Å²) in [6.45, 7) is 6.72. The lowest BCUT2D eigenvalue weighted by molar-refractivity contribution is -0.136. The molecule has 1 aromatic heterocycles. The van der Waals surface area contributed by atoms with Crippen molar-refractivity contribution >= 4 is 16.9 Å². The van der Waals surface area contributed by atoms with Gasteiger partial charge in [0.05, 0.1) is 12.6 Å².